The van der Waals surface area contributed by atoms with E-state index in [0.29, 0.717) is 0 Å². The fraction of sp³-hybridized carbons (Fsp3) is 0.571. The van der Waals surface area contributed by atoms with E-state index < -0.39 is 0 Å². The lowest BCUT2D eigenvalue weighted by atomic mass is 10.0. The Labute approximate surface area is 93.9 Å². The van der Waals surface area contributed by atoms with Gasteiger partial charge in [-0.25, -0.2) is 0 Å². The highest BCUT2D eigenvalue weighted by atomic mass is 14.9. The molecule has 1 atom stereocenters. The molecule has 0 radical (unpaired) electrons. The summed E-state index contributed by atoms with van der Waals surface area (Å²) >= 11 is 0. The largest absolute Gasteiger partial charge is 0.385 e. The monoisotopic (exact) mass is 205 g/mol. The summed E-state index contributed by atoms with van der Waals surface area (Å²) in [7, 11) is 0. The molecule has 0 saturated heterocycles. The second kappa shape index (κ2) is 7.33. The minimum absolute atomic E-state index is 0.848. The Kier molecular flexibility index (Phi) is 5.91. The van der Waals surface area contributed by atoms with Crippen LogP contribution in [0.15, 0.2) is 30.3 Å². The molecule has 0 aliphatic carbocycles. The highest BCUT2D eigenvalue weighted by molar-refractivity contribution is 5.42. The van der Waals surface area contributed by atoms with Gasteiger partial charge in [0, 0.05) is 12.2 Å². The van der Waals surface area contributed by atoms with Crippen molar-refractivity contribution in [2.45, 2.75) is 39.5 Å². The molecule has 1 N–H and O–H groups in total. The number of nitrogens with one attached hydrogen (secondary N) is 1. The molecule has 1 heteroatoms. The van der Waals surface area contributed by atoms with Crippen molar-refractivity contribution >= 4 is 5.69 Å². The van der Waals surface area contributed by atoms with E-state index in [1.54, 1.807) is 0 Å². The van der Waals surface area contributed by atoms with E-state index in [0.717, 1.165) is 12.5 Å². The lowest BCUT2D eigenvalue weighted by Gasteiger charge is -2.11. The average molecular weight is 205 g/mol. The van der Waals surface area contributed by atoms with Crippen LogP contribution in [0.3, 0.4) is 0 Å². The molecule has 84 valence electrons. The number of benzene rings is 1. The second-order valence-corrected chi connectivity index (χ2v) is 4.33. The van der Waals surface area contributed by atoms with Crippen LogP contribution in [0.4, 0.5) is 5.69 Å². The fourth-order valence-corrected chi connectivity index (χ4v) is 1.72. The zero-order valence-electron chi connectivity index (χ0n) is 10.00. The predicted molar refractivity (Wildman–Crippen MR) is 68.2 cm³/mol. The lowest BCUT2D eigenvalue weighted by molar-refractivity contribution is 0.483. The molecular weight excluding hydrogens is 182 g/mol. The van der Waals surface area contributed by atoms with Crippen LogP contribution in [0.25, 0.3) is 0 Å². The molecule has 1 rings (SSSR count). The molecule has 0 heterocycles. The highest BCUT2D eigenvalue weighted by Crippen LogP contribution is 2.12. The number of hydrogen-bond acceptors (Lipinski definition) is 1. The van der Waals surface area contributed by atoms with Crippen molar-refractivity contribution in [2.24, 2.45) is 5.92 Å². The summed E-state index contributed by atoms with van der Waals surface area (Å²) in [4.78, 5) is 0. The van der Waals surface area contributed by atoms with Crippen molar-refractivity contribution < 1.29 is 0 Å². The number of anilines is 1. The molecule has 0 amide bonds. The van der Waals surface area contributed by atoms with Gasteiger partial charge in [-0.1, -0.05) is 51.3 Å². The third-order valence-corrected chi connectivity index (χ3v) is 2.79. The summed E-state index contributed by atoms with van der Waals surface area (Å²) in [6.07, 6.45) is 5.32. The molecule has 0 saturated carbocycles. The van der Waals surface area contributed by atoms with Gasteiger partial charge in [-0.15, -0.1) is 0 Å². The molecule has 1 aromatic rings. The SMILES string of the molecule is CCCCC(C)CCNc1ccccc1. The summed E-state index contributed by atoms with van der Waals surface area (Å²) < 4.78 is 0. The van der Waals surface area contributed by atoms with Gasteiger partial charge in [0.15, 0.2) is 0 Å². The van der Waals surface area contributed by atoms with Crippen molar-refractivity contribution in [3.05, 3.63) is 30.3 Å². The molecule has 0 aromatic heterocycles. The van der Waals surface area contributed by atoms with Crippen molar-refractivity contribution in [2.75, 3.05) is 11.9 Å². The van der Waals surface area contributed by atoms with Gasteiger partial charge in [0.05, 0.1) is 0 Å². The van der Waals surface area contributed by atoms with Gasteiger partial charge in [0.25, 0.3) is 0 Å². The second-order valence-electron chi connectivity index (χ2n) is 4.33. The number of para-hydroxylation sites is 1. The topological polar surface area (TPSA) is 12.0 Å². The molecule has 1 nitrogen and oxygen atoms in total. The van der Waals surface area contributed by atoms with Gasteiger partial charge in [-0.3, -0.25) is 0 Å². The van der Waals surface area contributed by atoms with Crippen LogP contribution in [-0.4, -0.2) is 6.54 Å². The van der Waals surface area contributed by atoms with E-state index in [4.69, 9.17) is 0 Å². The van der Waals surface area contributed by atoms with E-state index in [2.05, 4.69) is 49.5 Å². The molecule has 0 aliphatic rings. The number of rotatable bonds is 7. The Balaban J connectivity index is 2.11. The molecule has 0 spiro atoms. The van der Waals surface area contributed by atoms with E-state index in [9.17, 15) is 0 Å². The van der Waals surface area contributed by atoms with Gasteiger partial charge in [-0.05, 0) is 24.5 Å². The maximum atomic E-state index is 3.45. The normalized spacial score (nSPS) is 12.4. The minimum Gasteiger partial charge on any atom is -0.385 e. The Morgan fingerprint density at radius 1 is 1.13 bits per heavy atom. The van der Waals surface area contributed by atoms with Crippen molar-refractivity contribution in [3.63, 3.8) is 0 Å². The van der Waals surface area contributed by atoms with E-state index in [1.807, 2.05) is 0 Å². The Morgan fingerprint density at radius 3 is 2.53 bits per heavy atom. The van der Waals surface area contributed by atoms with Crippen LogP contribution < -0.4 is 5.32 Å². The van der Waals surface area contributed by atoms with Crippen LogP contribution in [0.5, 0.6) is 0 Å². The fourth-order valence-electron chi connectivity index (χ4n) is 1.72. The van der Waals surface area contributed by atoms with Gasteiger partial charge in [-0.2, -0.15) is 0 Å². The molecule has 0 bridgehead atoms. The molecule has 1 aromatic carbocycles. The van der Waals surface area contributed by atoms with Gasteiger partial charge >= 0.3 is 0 Å². The molecule has 0 aliphatic heterocycles. The Morgan fingerprint density at radius 2 is 1.87 bits per heavy atom. The predicted octanol–water partition coefficient (Wildman–Crippen LogP) is 4.31. The average Bonchev–Trinajstić information content (AvgIpc) is 2.28. The van der Waals surface area contributed by atoms with Crippen LogP contribution in [0.2, 0.25) is 0 Å². The minimum atomic E-state index is 0.848. The number of unbranched alkanes of at least 4 members (excludes halogenated alkanes) is 1. The summed E-state index contributed by atoms with van der Waals surface area (Å²) in [5.41, 5.74) is 1.24. The maximum Gasteiger partial charge on any atom is 0.0340 e. The van der Waals surface area contributed by atoms with Crippen LogP contribution in [-0.2, 0) is 0 Å². The first kappa shape index (κ1) is 12.1. The zero-order valence-corrected chi connectivity index (χ0v) is 10.00. The van der Waals surface area contributed by atoms with Gasteiger partial charge in [0.1, 0.15) is 0 Å². The third-order valence-electron chi connectivity index (χ3n) is 2.79. The Hall–Kier alpha value is -0.980. The quantitative estimate of drug-likeness (QED) is 0.699. The zero-order chi connectivity index (χ0) is 10.9. The van der Waals surface area contributed by atoms with E-state index in [-0.39, 0.29) is 0 Å². The summed E-state index contributed by atoms with van der Waals surface area (Å²) in [5, 5.41) is 3.45. The summed E-state index contributed by atoms with van der Waals surface area (Å²) in [5.74, 6) is 0.848. The van der Waals surface area contributed by atoms with Crippen molar-refractivity contribution in [1.82, 2.24) is 0 Å². The van der Waals surface area contributed by atoms with E-state index in [1.165, 1.54) is 31.4 Å². The van der Waals surface area contributed by atoms with E-state index >= 15 is 0 Å². The Bertz CT molecular complexity index is 243. The van der Waals surface area contributed by atoms with Crippen LogP contribution in [0.1, 0.15) is 39.5 Å². The van der Waals surface area contributed by atoms with Gasteiger partial charge in [0.2, 0.25) is 0 Å². The standard InChI is InChI=1S/C14H23N/c1-3-4-8-13(2)11-12-15-14-9-6-5-7-10-14/h5-7,9-10,13,15H,3-4,8,11-12H2,1-2H3. The highest BCUT2D eigenvalue weighted by Gasteiger charge is 2.00. The van der Waals surface area contributed by atoms with Crippen molar-refractivity contribution in [3.8, 4) is 0 Å². The number of hydrogen-bond donors (Lipinski definition) is 1. The molecule has 1 unspecified atom stereocenters. The van der Waals surface area contributed by atoms with Crippen LogP contribution >= 0.6 is 0 Å². The molecule has 0 fully saturated rings. The third kappa shape index (κ3) is 5.46. The summed E-state index contributed by atoms with van der Waals surface area (Å²) in [6.45, 7) is 5.70. The lowest BCUT2D eigenvalue weighted by Crippen LogP contribution is -2.06. The first-order chi connectivity index (χ1) is 7.33. The van der Waals surface area contributed by atoms with Gasteiger partial charge < -0.3 is 5.32 Å². The van der Waals surface area contributed by atoms with Crippen molar-refractivity contribution in [1.29, 1.82) is 0 Å². The van der Waals surface area contributed by atoms with Crippen LogP contribution in [0, 0.1) is 5.92 Å². The first-order valence-electron chi connectivity index (χ1n) is 6.12. The maximum absolute atomic E-state index is 3.45. The molecular formula is C14H23N. The molecule has 15 heavy (non-hydrogen) atoms. The smallest absolute Gasteiger partial charge is 0.0340 e. The summed E-state index contributed by atoms with van der Waals surface area (Å²) in [6, 6.07) is 10.4. The first-order valence-corrected chi connectivity index (χ1v) is 6.12.